The number of aromatic nitrogens is 1. The van der Waals surface area contributed by atoms with Crippen LogP contribution in [0.2, 0.25) is 0 Å². The van der Waals surface area contributed by atoms with Crippen LogP contribution in [0.3, 0.4) is 0 Å². The second kappa shape index (κ2) is 5.25. The molecule has 0 bridgehead atoms. The van der Waals surface area contributed by atoms with Crippen molar-refractivity contribution in [3.8, 4) is 0 Å². The van der Waals surface area contributed by atoms with Crippen molar-refractivity contribution in [1.82, 2.24) is 10.5 Å². The second-order valence-corrected chi connectivity index (χ2v) is 5.99. The van der Waals surface area contributed by atoms with Crippen molar-refractivity contribution in [1.29, 1.82) is 0 Å². The van der Waals surface area contributed by atoms with Gasteiger partial charge in [0.05, 0.1) is 18.3 Å². The van der Waals surface area contributed by atoms with E-state index in [-0.39, 0.29) is 0 Å². The molecule has 1 aromatic rings. The van der Waals surface area contributed by atoms with Crippen LogP contribution in [-0.4, -0.2) is 23.9 Å². The summed E-state index contributed by atoms with van der Waals surface area (Å²) < 4.78 is 11.2. The summed E-state index contributed by atoms with van der Waals surface area (Å²) in [5.41, 5.74) is 1.35. The minimum atomic E-state index is 0.394. The van der Waals surface area contributed by atoms with E-state index in [0.717, 1.165) is 31.0 Å². The first-order valence-electron chi connectivity index (χ1n) is 7.52. The van der Waals surface area contributed by atoms with Gasteiger partial charge in [-0.15, -0.1) is 0 Å². The number of nitrogens with one attached hydrogen (secondary N) is 1. The Kier molecular flexibility index (Phi) is 3.63. The molecule has 1 heterocycles. The Balaban J connectivity index is 1.59. The number of aryl methyl sites for hydroxylation is 1. The lowest BCUT2D eigenvalue weighted by Gasteiger charge is -2.54. The van der Waals surface area contributed by atoms with Crippen LogP contribution in [0.4, 0.5) is 0 Å². The molecule has 0 saturated heterocycles. The summed E-state index contributed by atoms with van der Waals surface area (Å²) in [6, 6.07) is 2.59. The Morgan fingerprint density at radius 2 is 2.26 bits per heavy atom. The van der Waals surface area contributed by atoms with Crippen molar-refractivity contribution < 1.29 is 9.26 Å². The van der Waals surface area contributed by atoms with Gasteiger partial charge in [-0.25, -0.2) is 0 Å². The Morgan fingerprint density at radius 1 is 1.47 bits per heavy atom. The fourth-order valence-corrected chi connectivity index (χ4v) is 3.90. The van der Waals surface area contributed by atoms with E-state index in [2.05, 4.69) is 17.4 Å². The maximum Gasteiger partial charge on any atom is 0.150 e. The average molecular weight is 264 g/mol. The van der Waals surface area contributed by atoms with E-state index in [1.54, 1.807) is 0 Å². The van der Waals surface area contributed by atoms with Gasteiger partial charge in [0.1, 0.15) is 0 Å². The van der Waals surface area contributed by atoms with Gasteiger partial charge < -0.3 is 14.6 Å². The first-order valence-corrected chi connectivity index (χ1v) is 7.52. The summed E-state index contributed by atoms with van der Waals surface area (Å²) in [7, 11) is 0. The summed E-state index contributed by atoms with van der Waals surface area (Å²) in [4.78, 5) is 0. The molecule has 0 aromatic carbocycles. The molecule has 0 amide bonds. The van der Waals surface area contributed by atoms with Gasteiger partial charge in [-0.1, -0.05) is 18.0 Å². The first-order chi connectivity index (χ1) is 9.24. The van der Waals surface area contributed by atoms with Gasteiger partial charge in [-0.05, 0) is 33.1 Å². The Hall–Kier alpha value is -0.870. The molecule has 1 aromatic heterocycles. The van der Waals surface area contributed by atoms with Crippen LogP contribution < -0.4 is 5.32 Å². The van der Waals surface area contributed by atoms with Crippen molar-refractivity contribution in [3.05, 3.63) is 17.5 Å². The topological polar surface area (TPSA) is 47.3 Å². The molecule has 2 saturated carbocycles. The number of hydrogen-bond acceptors (Lipinski definition) is 4. The molecule has 2 atom stereocenters. The van der Waals surface area contributed by atoms with Crippen LogP contribution in [0.15, 0.2) is 10.6 Å². The third kappa shape index (κ3) is 2.32. The first kappa shape index (κ1) is 13.1. The van der Waals surface area contributed by atoms with Crippen molar-refractivity contribution >= 4 is 0 Å². The van der Waals surface area contributed by atoms with Crippen LogP contribution in [0.1, 0.15) is 50.5 Å². The maximum atomic E-state index is 5.93. The summed E-state index contributed by atoms with van der Waals surface area (Å²) in [6.07, 6.45) is 6.93. The molecular formula is C15H24N2O2. The SMILES string of the molecule is CCOC1CC(NCc2cc(C)no2)C12CCCC2. The monoisotopic (exact) mass is 264 g/mol. The van der Waals surface area contributed by atoms with Gasteiger partial charge >= 0.3 is 0 Å². The van der Waals surface area contributed by atoms with Crippen molar-refractivity contribution in [2.45, 2.75) is 64.6 Å². The minimum Gasteiger partial charge on any atom is -0.378 e. The lowest BCUT2D eigenvalue weighted by molar-refractivity contribution is -0.131. The molecule has 0 radical (unpaired) electrons. The van der Waals surface area contributed by atoms with Crippen LogP contribution >= 0.6 is 0 Å². The quantitative estimate of drug-likeness (QED) is 0.888. The molecule has 3 rings (SSSR count). The number of hydrogen-bond donors (Lipinski definition) is 1. The molecule has 4 nitrogen and oxygen atoms in total. The van der Waals surface area contributed by atoms with Crippen LogP contribution in [-0.2, 0) is 11.3 Å². The third-order valence-electron chi connectivity index (χ3n) is 4.89. The van der Waals surface area contributed by atoms with Gasteiger partial charge in [0, 0.05) is 24.1 Å². The molecular weight excluding hydrogens is 240 g/mol. The Morgan fingerprint density at radius 3 is 2.89 bits per heavy atom. The van der Waals surface area contributed by atoms with E-state index in [4.69, 9.17) is 9.26 Å². The highest BCUT2D eigenvalue weighted by molar-refractivity contribution is 5.11. The minimum absolute atomic E-state index is 0.394. The number of nitrogens with zero attached hydrogens (tertiary/aromatic N) is 1. The standard InChI is InChI=1S/C15H24N2O2/c1-3-18-14-9-13(15(14)6-4-5-7-15)16-10-12-8-11(2)17-19-12/h8,13-14,16H,3-7,9-10H2,1-2H3. The highest BCUT2D eigenvalue weighted by atomic mass is 16.5. The fourth-order valence-electron chi connectivity index (χ4n) is 3.90. The molecule has 4 heteroatoms. The molecule has 2 fully saturated rings. The molecule has 1 N–H and O–H groups in total. The zero-order valence-corrected chi connectivity index (χ0v) is 11.9. The number of ether oxygens (including phenoxy) is 1. The average Bonchev–Trinajstić information content (AvgIpc) is 3.03. The molecule has 1 spiro atoms. The molecule has 19 heavy (non-hydrogen) atoms. The van der Waals surface area contributed by atoms with Gasteiger partial charge in [0.25, 0.3) is 0 Å². The lowest BCUT2D eigenvalue weighted by atomic mass is 9.60. The van der Waals surface area contributed by atoms with E-state index >= 15 is 0 Å². The van der Waals surface area contributed by atoms with Gasteiger partial charge in [0.15, 0.2) is 5.76 Å². The zero-order chi connectivity index (χ0) is 13.3. The van der Waals surface area contributed by atoms with E-state index < -0.39 is 0 Å². The number of rotatable bonds is 5. The van der Waals surface area contributed by atoms with Gasteiger partial charge in [-0.3, -0.25) is 0 Å². The highest BCUT2D eigenvalue weighted by Crippen LogP contribution is 2.54. The maximum absolute atomic E-state index is 5.93. The molecule has 0 aliphatic heterocycles. The third-order valence-corrected chi connectivity index (χ3v) is 4.89. The summed E-state index contributed by atoms with van der Waals surface area (Å²) in [5.74, 6) is 0.936. The van der Waals surface area contributed by atoms with E-state index in [1.807, 2.05) is 13.0 Å². The van der Waals surface area contributed by atoms with E-state index in [1.165, 1.54) is 25.7 Å². The fraction of sp³-hybridized carbons (Fsp3) is 0.800. The van der Waals surface area contributed by atoms with E-state index in [0.29, 0.717) is 17.6 Å². The summed E-state index contributed by atoms with van der Waals surface area (Å²) in [6.45, 7) is 5.67. The van der Waals surface area contributed by atoms with Crippen molar-refractivity contribution in [2.75, 3.05) is 6.61 Å². The van der Waals surface area contributed by atoms with Crippen LogP contribution in [0.25, 0.3) is 0 Å². The predicted molar refractivity (Wildman–Crippen MR) is 72.8 cm³/mol. The largest absolute Gasteiger partial charge is 0.378 e. The van der Waals surface area contributed by atoms with Crippen molar-refractivity contribution in [2.24, 2.45) is 5.41 Å². The summed E-state index contributed by atoms with van der Waals surface area (Å²) >= 11 is 0. The predicted octanol–water partition coefficient (Wildman–Crippen LogP) is 2.81. The molecule has 2 aliphatic carbocycles. The smallest absolute Gasteiger partial charge is 0.150 e. The molecule has 2 aliphatic rings. The van der Waals surface area contributed by atoms with E-state index in [9.17, 15) is 0 Å². The molecule has 2 unspecified atom stereocenters. The Labute approximate surface area is 114 Å². The van der Waals surface area contributed by atoms with Crippen LogP contribution in [0, 0.1) is 12.3 Å². The van der Waals surface area contributed by atoms with Crippen LogP contribution in [0.5, 0.6) is 0 Å². The second-order valence-electron chi connectivity index (χ2n) is 5.99. The zero-order valence-electron chi connectivity index (χ0n) is 11.9. The highest BCUT2D eigenvalue weighted by Gasteiger charge is 2.56. The Bertz CT molecular complexity index is 424. The summed E-state index contributed by atoms with van der Waals surface area (Å²) in [5, 5.41) is 7.59. The molecule has 106 valence electrons. The normalized spacial score (nSPS) is 28.7. The lowest BCUT2D eigenvalue weighted by Crippen LogP contribution is -2.62. The van der Waals surface area contributed by atoms with Gasteiger partial charge in [-0.2, -0.15) is 0 Å². The van der Waals surface area contributed by atoms with Crippen molar-refractivity contribution in [3.63, 3.8) is 0 Å². The van der Waals surface area contributed by atoms with Gasteiger partial charge in [0.2, 0.25) is 0 Å².